The largest absolute Gasteiger partial charge is 0.507 e. The molecule has 1 aromatic heterocycles. The van der Waals surface area contributed by atoms with Gasteiger partial charge in [0.15, 0.2) is 11.5 Å². The summed E-state index contributed by atoms with van der Waals surface area (Å²) in [7, 11) is 1.55. The molecule has 3 aromatic rings. The van der Waals surface area contributed by atoms with Crippen LogP contribution in [0.15, 0.2) is 78.6 Å². The second kappa shape index (κ2) is 13.1. The number of hydrogen-bond donors (Lipinski definition) is 1. The van der Waals surface area contributed by atoms with Gasteiger partial charge in [0.25, 0.3) is 11.7 Å². The Morgan fingerprint density at radius 1 is 1.00 bits per heavy atom. The number of Topliss-reactive ketones (excluding diaryl/α,β-unsaturated/α-hetero) is 1. The molecule has 1 N–H and O–H groups in total. The maximum atomic E-state index is 13.3. The van der Waals surface area contributed by atoms with Crippen LogP contribution in [0.2, 0.25) is 0 Å². The first-order valence-corrected chi connectivity index (χ1v) is 13.2. The van der Waals surface area contributed by atoms with E-state index in [-0.39, 0.29) is 11.3 Å². The van der Waals surface area contributed by atoms with E-state index in [1.54, 1.807) is 36.3 Å². The molecule has 2 heterocycles. The van der Waals surface area contributed by atoms with Gasteiger partial charge in [-0.3, -0.25) is 14.6 Å². The van der Waals surface area contributed by atoms with Gasteiger partial charge in [0, 0.05) is 24.5 Å². The monoisotopic (exact) mass is 529 g/mol. The number of ketones is 1. The molecule has 1 amide bonds. The van der Waals surface area contributed by atoms with E-state index in [4.69, 9.17) is 9.47 Å². The number of aromatic nitrogens is 1. The number of methoxy groups -OCH3 is 1. The Bertz CT molecular complexity index is 1310. The summed E-state index contributed by atoms with van der Waals surface area (Å²) in [5, 5.41) is 11.2. The first-order chi connectivity index (χ1) is 19.0. The summed E-state index contributed by atoms with van der Waals surface area (Å²) in [6, 6.07) is 17.6. The Morgan fingerprint density at radius 2 is 1.72 bits per heavy atom. The summed E-state index contributed by atoms with van der Waals surface area (Å²) in [4.78, 5) is 34.4. The molecule has 39 heavy (non-hydrogen) atoms. The fourth-order valence-corrected chi connectivity index (χ4v) is 4.84. The molecule has 204 valence electrons. The molecule has 1 unspecified atom stereocenters. The number of pyridine rings is 1. The molecule has 2 aromatic carbocycles. The number of aliphatic hydroxyl groups excluding tert-OH is 1. The van der Waals surface area contributed by atoms with E-state index >= 15 is 0 Å². The summed E-state index contributed by atoms with van der Waals surface area (Å²) in [5.41, 5.74) is 2.14. The number of nitrogens with zero attached hydrogens (tertiary/aromatic N) is 3. The average molecular weight is 530 g/mol. The number of hydrogen-bond acceptors (Lipinski definition) is 7. The molecule has 0 aliphatic carbocycles. The fraction of sp³-hybridized carbons (Fsp3) is 0.323. The van der Waals surface area contributed by atoms with E-state index in [1.807, 2.05) is 36.4 Å². The molecular formula is C31H35N3O5. The van der Waals surface area contributed by atoms with Crippen molar-refractivity contribution in [2.75, 3.05) is 33.3 Å². The molecule has 0 spiro atoms. The fourth-order valence-electron chi connectivity index (χ4n) is 4.84. The molecule has 4 rings (SSSR count). The Hall–Kier alpha value is -4.17. The predicted octanol–water partition coefficient (Wildman–Crippen LogP) is 4.82. The zero-order chi connectivity index (χ0) is 27.8. The van der Waals surface area contributed by atoms with E-state index in [9.17, 15) is 14.7 Å². The van der Waals surface area contributed by atoms with Gasteiger partial charge in [0.05, 0.1) is 18.7 Å². The van der Waals surface area contributed by atoms with E-state index in [2.05, 4.69) is 23.7 Å². The van der Waals surface area contributed by atoms with Crippen LogP contribution in [0.5, 0.6) is 11.5 Å². The highest BCUT2D eigenvalue weighted by atomic mass is 16.5. The van der Waals surface area contributed by atoms with Crippen LogP contribution in [-0.2, 0) is 16.2 Å². The maximum Gasteiger partial charge on any atom is 0.295 e. The van der Waals surface area contributed by atoms with Crippen LogP contribution in [0.4, 0.5) is 0 Å². The summed E-state index contributed by atoms with van der Waals surface area (Å²) in [5.74, 6) is -0.548. The van der Waals surface area contributed by atoms with Crippen LogP contribution in [-0.4, -0.2) is 64.9 Å². The molecule has 8 nitrogen and oxygen atoms in total. The van der Waals surface area contributed by atoms with Crippen LogP contribution in [0.1, 0.15) is 43.0 Å². The standard InChI is InChI=1S/C31H35N3O5/c1-4-33(5-2)18-9-19-34-28(27(30(36)31(34)37)29(35)23-14-16-32-17-15-23)24-12-13-25(26(20-24)38-3)39-21-22-10-7-6-8-11-22/h6-8,10-17,20,28,35H,4-5,9,18-19,21H2,1-3H3. The minimum Gasteiger partial charge on any atom is -0.507 e. The lowest BCUT2D eigenvalue weighted by Gasteiger charge is -2.27. The van der Waals surface area contributed by atoms with Crippen molar-refractivity contribution in [3.8, 4) is 11.5 Å². The molecule has 0 saturated carbocycles. The Morgan fingerprint density at radius 3 is 2.38 bits per heavy atom. The number of carbonyl (C=O) groups is 2. The number of ether oxygens (including phenoxy) is 2. The highest BCUT2D eigenvalue weighted by Crippen LogP contribution is 2.42. The Balaban J connectivity index is 1.70. The van der Waals surface area contributed by atoms with Crippen LogP contribution < -0.4 is 9.47 Å². The molecule has 1 fully saturated rings. The zero-order valence-electron chi connectivity index (χ0n) is 22.7. The Labute approximate surface area is 229 Å². The SMILES string of the molecule is CCN(CC)CCCN1C(=O)C(=O)C(=C(O)c2ccncc2)C1c1ccc(OCc2ccccc2)c(OC)c1. The highest BCUT2D eigenvalue weighted by Gasteiger charge is 2.46. The number of carbonyl (C=O) groups excluding carboxylic acids is 2. The van der Waals surface area contributed by atoms with E-state index in [0.29, 0.717) is 42.2 Å². The predicted molar refractivity (Wildman–Crippen MR) is 149 cm³/mol. The first-order valence-electron chi connectivity index (χ1n) is 13.2. The number of amides is 1. The van der Waals surface area contributed by atoms with Crippen molar-refractivity contribution >= 4 is 17.4 Å². The van der Waals surface area contributed by atoms with Crippen LogP contribution in [0.25, 0.3) is 5.76 Å². The zero-order valence-corrected chi connectivity index (χ0v) is 22.7. The lowest BCUT2D eigenvalue weighted by Crippen LogP contribution is -2.33. The van der Waals surface area contributed by atoms with Gasteiger partial charge in [-0.15, -0.1) is 0 Å². The number of aliphatic hydroxyl groups is 1. The van der Waals surface area contributed by atoms with Crippen LogP contribution in [0, 0.1) is 0 Å². The second-order valence-electron chi connectivity index (χ2n) is 9.29. The van der Waals surface area contributed by atoms with Crippen LogP contribution in [0.3, 0.4) is 0 Å². The van der Waals surface area contributed by atoms with Gasteiger partial charge in [0.1, 0.15) is 12.4 Å². The van der Waals surface area contributed by atoms with Crippen molar-refractivity contribution in [1.82, 2.24) is 14.8 Å². The third-order valence-electron chi connectivity index (χ3n) is 7.00. The van der Waals surface area contributed by atoms with Gasteiger partial charge in [0.2, 0.25) is 0 Å². The smallest absolute Gasteiger partial charge is 0.295 e. The van der Waals surface area contributed by atoms with Crippen molar-refractivity contribution < 1.29 is 24.2 Å². The minimum atomic E-state index is -0.771. The molecule has 1 saturated heterocycles. The topological polar surface area (TPSA) is 92.2 Å². The van der Waals surface area contributed by atoms with Gasteiger partial charge in [-0.2, -0.15) is 0 Å². The molecule has 0 bridgehead atoms. The first kappa shape index (κ1) is 27.9. The van der Waals surface area contributed by atoms with Crippen molar-refractivity contribution in [3.05, 3.63) is 95.3 Å². The third-order valence-corrected chi connectivity index (χ3v) is 7.00. The maximum absolute atomic E-state index is 13.3. The lowest BCUT2D eigenvalue weighted by atomic mass is 9.95. The number of benzene rings is 2. The van der Waals surface area contributed by atoms with E-state index in [0.717, 1.165) is 25.2 Å². The van der Waals surface area contributed by atoms with E-state index in [1.165, 1.54) is 12.4 Å². The van der Waals surface area contributed by atoms with Crippen LogP contribution >= 0.6 is 0 Å². The van der Waals surface area contributed by atoms with Crippen molar-refractivity contribution in [1.29, 1.82) is 0 Å². The van der Waals surface area contributed by atoms with Crippen molar-refractivity contribution in [2.45, 2.75) is 32.9 Å². The summed E-state index contributed by atoms with van der Waals surface area (Å²) in [6.45, 7) is 7.53. The van der Waals surface area contributed by atoms with Gasteiger partial charge in [-0.05, 0) is 61.4 Å². The second-order valence-corrected chi connectivity index (χ2v) is 9.29. The summed E-state index contributed by atoms with van der Waals surface area (Å²) >= 11 is 0. The number of likely N-dealkylation sites (tertiary alicyclic amines) is 1. The van der Waals surface area contributed by atoms with Gasteiger partial charge >= 0.3 is 0 Å². The normalized spacial score (nSPS) is 16.6. The average Bonchev–Trinajstić information content (AvgIpc) is 3.23. The molecule has 1 aliphatic heterocycles. The highest BCUT2D eigenvalue weighted by molar-refractivity contribution is 6.46. The molecular weight excluding hydrogens is 494 g/mol. The summed E-state index contributed by atoms with van der Waals surface area (Å²) in [6.07, 6.45) is 3.76. The molecule has 0 radical (unpaired) electrons. The lowest BCUT2D eigenvalue weighted by molar-refractivity contribution is -0.140. The van der Waals surface area contributed by atoms with Crippen molar-refractivity contribution in [3.63, 3.8) is 0 Å². The van der Waals surface area contributed by atoms with Gasteiger partial charge in [-0.1, -0.05) is 50.2 Å². The third kappa shape index (κ3) is 6.29. The minimum absolute atomic E-state index is 0.0500. The molecule has 1 atom stereocenters. The van der Waals surface area contributed by atoms with Crippen molar-refractivity contribution in [2.24, 2.45) is 0 Å². The quantitative estimate of drug-likeness (QED) is 0.204. The molecule has 8 heteroatoms. The number of rotatable bonds is 12. The Kier molecular flexibility index (Phi) is 9.33. The van der Waals surface area contributed by atoms with E-state index < -0.39 is 17.7 Å². The van der Waals surface area contributed by atoms with Gasteiger partial charge < -0.3 is 24.4 Å². The molecule has 1 aliphatic rings. The van der Waals surface area contributed by atoms with Gasteiger partial charge in [-0.25, -0.2) is 0 Å². The summed E-state index contributed by atoms with van der Waals surface area (Å²) < 4.78 is 11.7.